The van der Waals surface area contributed by atoms with Crippen LogP contribution in [0.25, 0.3) is 0 Å². The Balaban J connectivity index is 2.18. The summed E-state index contributed by atoms with van der Waals surface area (Å²) in [4.78, 5) is 2.50. The third-order valence-corrected chi connectivity index (χ3v) is 7.71. The fraction of sp³-hybridized carbons (Fsp3) is 0.458. The molecule has 2 aromatic rings. The van der Waals surface area contributed by atoms with E-state index >= 15 is 0 Å². The molecule has 0 fully saturated rings. The van der Waals surface area contributed by atoms with Crippen molar-refractivity contribution in [1.29, 1.82) is 5.26 Å². The largest absolute Gasteiger partial charge is 0.297 e. The third-order valence-electron chi connectivity index (χ3n) is 5.83. The summed E-state index contributed by atoms with van der Waals surface area (Å²) in [5, 5.41) is 10.2. The molecule has 0 spiro atoms. The summed E-state index contributed by atoms with van der Waals surface area (Å²) in [7, 11) is 0. The van der Waals surface area contributed by atoms with Gasteiger partial charge in [-0.3, -0.25) is 4.90 Å². The van der Waals surface area contributed by atoms with Crippen molar-refractivity contribution in [3.63, 3.8) is 0 Å². The first-order valence-corrected chi connectivity index (χ1v) is 11.6. The molecular formula is C24H30Br2N2. The minimum Gasteiger partial charge on any atom is -0.297 e. The van der Waals surface area contributed by atoms with Crippen molar-refractivity contribution >= 4 is 31.9 Å². The number of hydrogen-bond acceptors (Lipinski definition) is 2. The molecule has 0 aliphatic rings. The van der Waals surface area contributed by atoms with E-state index in [2.05, 4.69) is 113 Å². The van der Waals surface area contributed by atoms with Crippen LogP contribution >= 0.6 is 31.9 Å². The highest BCUT2D eigenvalue weighted by molar-refractivity contribution is 9.13. The van der Waals surface area contributed by atoms with Crippen molar-refractivity contribution in [2.24, 2.45) is 5.92 Å². The normalized spacial score (nSPS) is 14.7. The second kappa shape index (κ2) is 10.6. The molecule has 0 saturated heterocycles. The summed E-state index contributed by atoms with van der Waals surface area (Å²) in [6.45, 7) is 10.8. The van der Waals surface area contributed by atoms with Crippen LogP contribution in [0.3, 0.4) is 0 Å². The minimum atomic E-state index is -0.483. The van der Waals surface area contributed by atoms with E-state index in [0.29, 0.717) is 6.04 Å². The van der Waals surface area contributed by atoms with Gasteiger partial charge in [0.1, 0.15) is 0 Å². The van der Waals surface area contributed by atoms with E-state index in [1.54, 1.807) is 0 Å². The average Bonchev–Trinajstić information content (AvgIpc) is 2.69. The topological polar surface area (TPSA) is 27.0 Å². The number of nitriles is 1. The van der Waals surface area contributed by atoms with Gasteiger partial charge in [0, 0.05) is 21.5 Å². The summed E-state index contributed by atoms with van der Waals surface area (Å²) in [5.74, 6) is 0.238. The van der Waals surface area contributed by atoms with Gasteiger partial charge in [0.25, 0.3) is 0 Å². The maximum atomic E-state index is 10.2. The first kappa shape index (κ1) is 23.1. The van der Waals surface area contributed by atoms with E-state index in [-0.39, 0.29) is 5.92 Å². The zero-order valence-electron chi connectivity index (χ0n) is 17.3. The van der Waals surface area contributed by atoms with Crippen LogP contribution in [0.5, 0.6) is 0 Å². The fourth-order valence-electron chi connectivity index (χ4n) is 3.81. The Morgan fingerprint density at radius 1 is 1.04 bits per heavy atom. The molecule has 0 N–H and O–H groups in total. The number of benzene rings is 2. The van der Waals surface area contributed by atoms with Crippen LogP contribution in [0, 0.1) is 17.2 Å². The Hall–Kier alpha value is -1.15. The molecule has 0 amide bonds. The standard InChI is InChI=1S/C24H30Br2N2/c1-5-28(16-20-9-7-6-8-10-20)19(4)13-14-24(17-27,18(2)3)21-11-12-22(25)23(26)15-21/h6-12,15,18-19H,5,13-14,16H2,1-4H3. The van der Waals surface area contributed by atoms with Crippen molar-refractivity contribution in [3.8, 4) is 6.07 Å². The molecule has 2 aromatic carbocycles. The van der Waals surface area contributed by atoms with Crippen LogP contribution in [-0.2, 0) is 12.0 Å². The van der Waals surface area contributed by atoms with E-state index in [0.717, 1.165) is 40.4 Å². The van der Waals surface area contributed by atoms with E-state index in [9.17, 15) is 5.26 Å². The van der Waals surface area contributed by atoms with Gasteiger partial charge in [0.05, 0.1) is 11.5 Å². The molecule has 0 saturated carbocycles. The number of nitrogens with zero attached hydrogens (tertiary/aromatic N) is 2. The van der Waals surface area contributed by atoms with Crippen LogP contribution in [0.15, 0.2) is 57.5 Å². The lowest BCUT2D eigenvalue weighted by Gasteiger charge is -2.35. The van der Waals surface area contributed by atoms with Crippen molar-refractivity contribution in [1.82, 2.24) is 4.90 Å². The highest BCUT2D eigenvalue weighted by atomic mass is 79.9. The van der Waals surface area contributed by atoms with E-state index < -0.39 is 5.41 Å². The van der Waals surface area contributed by atoms with Gasteiger partial charge in [0.15, 0.2) is 0 Å². The van der Waals surface area contributed by atoms with Gasteiger partial charge < -0.3 is 0 Å². The maximum absolute atomic E-state index is 10.2. The van der Waals surface area contributed by atoms with E-state index in [1.807, 2.05) is 6.07 Å². The minimum absolute atomic E-state index is 0.238. The van der Waals surface area contributed by atoms with Crippen molar-refractivity contribution in [2.75, 3.05) is 6.54 Å². The Kier molecular flexibility index (Phi) is 8.74. The molecule has 2 atom stereocenters. The summed E-state index contributed by atoms with van der Waals surface area (Å²) >= 11 is 7.14. The maximum Gasteiger partial charge on any atom is 0.0846 e. The molecule has 2 nitrogen and oxygen atoms in total. The van der Waals surface area contributed by atoms with Crippen molar-refractivity contribution < 1.29 is 0 Å². The second-order valence-corrected chi connectivity index (χ2v) is 9.51. The predicted molar refractivity (Wildman–Crippen MR) is 125 cm³/mol. The molecule has 0 aliphatic carbocycles. The second-order valence-electron chi connectivity index (χ2n) is 7.80. The molecule has 150 valence electrons. The van der Waals surface area contributed by atoms with Crippen molar-refractivity contribution in [2.45, 2.75) is 58.5 Å². The van der Waals surface area contributed by atoms with Gasteiger partial charge in [-0.2, -0.15) is 5.26 Å². The summed E-state index contributed by atoms with van der Waals surface area (Å²) < 4.78 is 2.01. The fourth-order valence-corrected chi connectivity index (χ4v) is 4.43. The first-order chi connectivity index (χ1) is 13.3. The first-order valence-electron chi connectivity index (χ1n) is 9.98. The van der Waals surface area contributed by atoms with Crippen molar-refractivity contribution in [3.05, 3.63) is 68.6 Å². The number of hydrogen-bond donors (Lipinski definition) is 0. The average molecular weight is 506 g/mol. The molecule has 0 heterocycles. The lowest BCUT2D eigenvalue weighted by atomic mass is 9.69. The molecule has 28 heavy (non-hydrogen) atoms. The van der Waals surface area contributed by atoms with Gasteiger partial charge in [-0.05, 0) is 87.3 Å². The van der Waals surface area contributed by atoms with Gasteiger partial charge in [-0.1, -0.05) is 57.2 Å². The summed E-state index contributed by atoms with van der Waals surface area (Å²) in [6, 6.07) is 19.9. The van der Waals surface area contributed by atoms with Crippen LogP contribution in [0.4, 0.5) is 0 Å². The monoisotopic (exact) mass is 504 g/mol. The predicted octanol–water partition coefficient (Wildman–Crippen LogP) is 7.32. The zero-order valence-corrected chi connectivity index (χ0v) is 20.4. The highest BCUT2D eigenvalue weighted by Crippen LogP contribution is 2.39. The van der Waals surface area contributed by atoms with Gasteiger partial charge in [0.2, 0.25) is 0 Å². The molecule has 0 bridgehead atoms. The van der Waals surface area contributed by atoms with Crippen LogP contribution in [0.1, 0.15) is 51.7 Å². The van der Waals surface area contributed by atoms with Crippen LogP contribution in [0.2, 0.25) is 0 Å². The molecular weight excluding hydrogens is 476 g/mol. The van der Waals surface area contributed by atoms with Crippen LogP contribution in [-0.4, -0.2) is 17.5 Å². The van der Waals surface area contributed by atoms with E-state index in [1.165, 1.54) is 5.56 Å². The summed E-state index contributed by atoms with van der Waals surface area (Å²) in [6.07, 6.45) is 1.84. The highest BCUT2D eigenvalue weighted by Gasteiger charge is 2.36. The smallest absolute Gasteiger partial charge is 0.0846 e. The lowest BCUT2D eigenvalue weighted by Crippen LogP contribution is -2.36. The molecule has 0 aromatic heterocycles. The molecule has 0 radical (unpaired) electrons. The Bertz CT molecular complexity index is 798. The van der Waals surface area contributed by atoms with Gasteiger partial charge in [-0.25, -0.2) is 0 Å². The SMILES string of the molecule is CCN(Cc1ccccc1)C(C)CCC(C#N)(c1ccc(Br)c(Br)c1)C(C)C. The Labute approximate surface area is 187 Å². The number of halogens is 2. The zero-order chi connectivity index (χ0) is 20.7. The van der Waals surface area contributed by atoms with Crippen LogP contribution < -0.4 is 0 Å². The molecule has 2 unspecified atom stereocenters. The summed E-state index contributed by atoms with van der Waals surface area (Å²) in [5.41, 5.74) is 1.95. The molecule has 2 rings (SSSR count). The Morgan fingerprint density at radius 3 is 2.25 bits per heavy atom. The number of rotatable bonds is 9. The molecule has 4 heteroatoms. The molecule has 0 aliphatic heterocycles. The quantitative estimate of drug-likeness (QED) is 0.357. The van der Waals surface area contributed by atoms with E-state index in [4.69, 9.17) is 0 Å². The van der Waals surface area contributed by atoms with Gasteiger partial charge in [-0.15, -0.1) is 0 Å². The lowest BCUT2D eigenvalue weighted by molar-refractivity contribution is 0.186. The third kappa shape index (κ3) is 5.47. The van der Waals surface area contributed by atoms with Gasteiger partial charge >= 0.3 is 0 Å². The Morgan fingerprint density at radius 2 is 1.71 bits per heavy atom.